The minimum atomic E-state index is 0.218. The quantitative estimate of drug-likeness (QED) is 0.831. The fraction of sp³-hybridized carbons (Fsp3) is 0.562. The van der Waals surface area contributed by atoms with Crippen LogP contribution in [0.2, 0.25) is 0 Å². The maximum absolute atomic E-state index is 12.4. The monoisotopic (exact) mass is 245 g/mol. The van der Waals surface area contributed by atoms with Gasteiger partial charge in [0.2, 0.25) is 0 Å². The third-order valence-electron chi connectivity index (χ3n) is 4.34. The van der Waals surface area contributed by atoms with Crippen molar-refractivity contribution in [2.75, 3.05) is 6.54 Å². The molecule has 0 amide bonds. The van der Waals surface area contributed by atoms with Gasteiger partial charge < -0.3 is 5.73 Å². The van der Waals surface area contributed by atoms with Crippen molar-refractivity contribution in [3.8, 4) is 0 Å². The highest BCUT2D eigenvalue weighted by molar-refractivity contribution is 5.98. The molecule has 0 bridgehead atoms. The topological polar surface area (TPSA) is 43.1 Å². The Labute approximate surface area is 110 Å². The molecule has 2 nitrogen and oxygen atoms in total. The number of nitrogens with two attached hydrogens (primary N) is 1. The lowest BCUT2D eigenvalue weighted by atomic mass is 9.78. The second-order valence-corrected chi connectivity index (χ2v) is 5.62. The highest BCUT2D eigenvalue weighted by Gasteiger charge is 2.26. The van der Waals surface area contributed by atoms with Crippen molar-refractivity contribution in [1.82, 2.24) is 0 Å². The van der Waals surface area contributed by atoms with Crippen LogP contribution in [-0.2, 0) is 0 Å². The van der Waals surface area contributed by atoms with Gasteiger partial charge in [0.05, 0.1) is 0 Å². The van der Waals surface area contributed by atoms with Crippen molar-refractivity contribution in [2.24, 2.45) is 17.6 Å². The molecule has 1 aromatic carbocycles. The molecule has 2 heteroatoms. The van der Waals surface area contributed by atoms with Gasteiger partial charge in [0.15, 0.2) is 5.78 Å². The Hall–Kier alpha value is -1.15. The second-order valence-electron chi connectivity index (χ2n) is 5.62. The predicted octanol–water partition coefficient (Wildman–Crippen LogP) is 3.25. The summed E-state index contributed by atoms with van der Waals surface area (Å²) in [4.78, 5) is 12.4. The van der Waals surface area contributed by atoms with Crippen LogP contribution in [0.5, 0.6) is 0 Å². The summed E-state index contributed by atoms with van der Waals surface area (Å²) in [6, 6.07) is 6.06. The Kier molecular flexibility index (Phi) is 4.18. The summed E-state index contributed by atoms with van der Waals surface area (Å²) >= 11 is 0. The molecule has 18 heavy (non-hydrogen) atoms. The number of benzene rings is 1. The number of carbonyl (C=O) groups is 1. The van der Waals surface area contributed by atoms with E-state index in [1.165, 1.54) is 11.1 Å². The highest BCUT2D eigenvalue weighted by Crippen LogP contribution is 2.30. The van der Waals surface area contributed by atoms with Gasteiger partial charge in [-0.2, -0.15) is 0 Å². The van der Waals surface area contributed by atoms with Gasteiger partial charge in [0, 0.05) is 11.5 Å². The Balaban J connectivity index is 2.05. The lowest BCUT2D eigenvalue weighted by Crippen LogP contribution is -2.25. The number of aryl methyl sites for hydroxylation is 2. The van der Waals surface area contributed by atoms with Crippen LogP contribution in [0.4, 0.5) is 0 Å². The SMILES string of the molecule is Cc1ccc(C(=O)C2CCC(CN)CC2)cc1C. The molecule has 1 aliphatic carbocycles. The molecule has 2 N–H and O–H groups in total. The van der Waals surface area contributed by atoms with E-state index < -0.39 is 0 Å². The van der Waals surface area contributed by atoms with E-state index in [9.17, 15) is 4.79 Å². The lowest BCUT2D eigenvalue weighted by molar-refractivity contribution is 0.0873. The molecule has 0 atom stereocenters. The maximum Gasteiger partial charge on any atom is 0.165 e. The summed E-state index contributed by atoms with van der Waals surface area (Å²) in [6.45, 7) is 4.91. The largest absolute Gasteiger partial charge is 0.330 e. The second kappa shape index (κ2) is 5.66. The number of rotatable bonds is 3. The van der Waals surface area contributed by atoms with Gasteiger partial charge in [-0.05, 0) is 69.2 Å². The minimum absolute atomic E-state index is 0.218. The van der Waals surface area contributed by atoms with Crippen molar-refractivity contribution >= 4 is 5.78 Å². The molecule has 0 heterocycles. The third kappa shape index (κ3) is 2.81. The molecule has 1 aromatic rings. The van der Waals surface area contributed by atoms with E-state index in [1.54, 1.807) is 0 Å². The Morgan fingerprint density at radius 3 is 2.39 bits per heavy atom. The molecule has 1 fully saturated rings. The first-order valence-electron chi connectivity index (χ1n) is 6.93. The van der Waals surface area contributed by atoms with E-state index in [2.05, 4.69) is 13.8 Å². The van der Waals surface area contributed by atoms with Gasteiger partial charge in [-0.25, -0.2) is 0 Å². The molecule has 0 saturated heterocycles. The molecule has 0 aromatic heterocycles. The number of Topliss-reactive ketones (excluding diaryl/α,β-unsaturated/α-hetero) is 1. The van der Waals surface area contributed by atoms with E-state index in [4.69, 9.17) is 5.73 Å². The summed E-state index contributed by atoms with van der Waals surface area (Å²) < 4.78 is 0. The standard InChI is InChI=1S/C16H23NO/c1-11-3-6-15(9-12(11)2)16(18)14-7-4-13(10-17)5-8-14/h3,6,9,13-14H,4-5,7-8,10,17H2,1-2H3. The van der Waals surface area contributed by atoms with Crippen molar-refractivity contribution in [1.29, 1.82) is 0 Å². The fourth-order valence-electron chi connectivity index (χ4n) is 2.79. The average molecular weight is 245 g/mol. The summed E-state index contributed by atoms with van der Waals surface area (Å²) in [5.41, 5.74) is 9.02. The first-order chi connectivity index (χ1) is 8.61. The predicted molar refractivity (Wildman–Crippen MR) is 74.7 cm³/mol. The van der Waals surface area contributed by atoms with Crippen LogP contribution in [-0.4, -0.2) is 12.3 Å². The molecular weight excluding hydrogens is 222 g/mol. The van der Waals surface area contributed by atoms with E-state index in [0.717, 1.165) is 37.8 Å². The van der Waals surface area contributed by atoms with Crippen LogP contribution in [0.25, 0.3) is 0 Å². The maximum atomic E-state index is 12.4. The average Bonchev–Trinajstić information content (AvgIpc) is 2.41. The summed E-state index contributed by atoms with van der Waals surface area (Å²) in [5, 5.41) is 0. The summed E-state index contributed by atoms with van der Waals surface area (Å²) in [5.74, 6) is 1.18. The Morgan fingerprint density at radius 1 is 1.17 bits per heavy atom. The first kappa shape index (κ1) is 13.3. The van der Waals surface area contributed by atoms with Gasteiger partial charge in [-0.1, -0.05) is 12.1 Å². The Morgan fingerprint density at radius 2 is 1.83 bits per heavy atom. The van der Waals surface area contributed by atoms with Gasteiger partial charge in [0.1, 0.15) is 0 Å². The smallest absolute Gasteiger partial charge is 0.165 e. The van der Waals surface area contributed by atoms with Crippen LogP contribution in [0.15, 0.2) is 18.2 Å². The van der Waals surface area contributed by atoms with Crippen molar-refractivity contribution in [3.05, 3.63) is 34.9 Å². The molecule has 0 unspecified atom stereocenters. The van der Waals surface area contributed by atoms with Crippen LogP contribution in [0.1, 0.15) is 47.2 Å². The number of carbonyl (C=O) groups excluding carboxylic acids is 1. The molecule has 98 valence electrons. The van der Waals surface area contributed by atoms with E-state index in [0.29, 0.717) is 11.7 Å². The molecule has 0 spiro atoms. The molecule has 1 saturated carbocycles. The zero-order chi connectivity index (χ0) is 13.1. The Bertz CT molecular complexity index is 431. The number of ketones is 1. The molecule has 0 radical (unpaired) electrons. The zero-order valence-corrected chi connectivity index (χ0v) is 11.4. The number of hydrogen-bond acceptors (Lipinski definition) is 2. The zero-order valence-electron chi connectivity index (χ0n) is 11.4. The van der Waals surface area contributed by atoms with Crippen LogP contribution in [0.3, 0.4) is 0 Å². The number of hydrogen-bond donors (Lipinski definition) is 1. The van der Waals surface area contributed by atoms with Crippen LogP contribution in [0, 0.1) is 25.7 Å². The van der Waals surface area contributed by atoms with E-state index in [-0.39, 0.29) is 5.92 Å². The molecule has 1 aliphatic rings. The van der Waals surface area contributed by atoms with Crippen molar-refractivity contribution < 1.29 is 4.79 Å². The van der Waals surface area contributed by atoms with Gasteiger partial charge >= 0.3 is 0 Å². The van der Waals surface area contributed by atoms with Gasteiger partial charge in [0.25, 0.3) is 0 Å². The molecular formula is C16H23NO. The summed E-state index contributed by atoms with van der Waals surface area (Å²) in [6.07, 6.45) is 4.23. The molecule has 0 aliphatic heterocycles. The van der Waals surface area contributed by atoms with Crippen molar-refractivity contribution in [2.45, 2.75) is 39.5 Å². The van der Waals surface area contributed by atoms with Crippen molar-refractivity contribution in [3.63, 3.8) is 0 Å². The first-order valence-corrected chi connectivity index (χ1v) is 6.93. The molecule has 2 rings (SSSR count). The van der Waals surface area contributed by atoms with E-state index in [1.807, 2.05) is 18.2 Å². The highest BCUT2D eigenvalue weighted by atomic mass is 16.1. The normalized spacial score (nSPS) is 23.9. The van der Waals surface area contributed by atoms with E-state index >= 15 is 0 Å². The lowest BCUT2D eigenvalue weighted by Gasteiger charge is -2.26. The van der Waals surface area contributed by atoms with Gasteiger partial charge in [-0.3, -0.25) is 4.79 Å². The van der Waals surface area contributed by atoms with Gasteiger partial charge in [-0.15, -0.1) is 0 Å². The van der Waals surface area contributed by atoms with Crippen LogP contribution < -0.4 is 5.73 Å². The minimum Gasteiger partial charge on any atom is -0.330 e. The summed E-state index contributed by atoms with van der Waals surface area (Å²) in [7, 11) is 0. The van der Waals surface area contributed by atoms with Crippen LogP contribution >= 0.6 is 0 Å². The fourth-order valence-corrected chi connectivity index (χ4v) is 2.79. The third-order valence-corrected chi connectivity index (χ3v) is 4.34.